The molecular weight excluding hydrogens is 150 g/mol. The van der Waals surface area contributed by atoms with Crippen LogP contribution < -0.4 is 5.73 Å². The fourth-order valence-corrected chi connectivity index (χ4v) is 1.07. The largest absolute Gasteiger partial charge is 0.508 e. The summed E-state index contributed by atoms with van der Waals surface area (Å²) in [7, 11) is 0. The first-order valence-corrected chi connectivity index (χ1v) is 3.83. The van der Waals surface area contributed by atoms with E-state index in [9.17, 15) is 5.11 Å². The predicted molar refractivity (Wildman–Crippen MR) is 50.0 cm³/mol. The van der Waals surface area contributed by atoms with Crippen LogP contribution in [0, 0.1) is 6.92 Å². The second kappa shape index (κ2) is 3.41. The maximum Gasteiger partial charge on any atom is 0.120 e. The molecule has 0 unspecified atom stereocenters. The van der Waals surface area contributed by atoms with Gasteiger partial charge in [0.15, 0.2) is 0 Å². The van der Waals surface area contributed by atoms with Crippen LogP contribution >= 0.6 is 0 Å². The summed E-state index contributed by atoms with van der Waals surface area (Å²) in [4.78, 5) is 0. The zero-order valence-electron chi connectivity index (χ0n) is 7.12. The van der Waals surface area contributed by atoms with Crippen LogP contribution in [-0.4, -0.2) is 5.11 Å². The van der Waals surface area contributed by atoms with Crippen molar-refractivity contribution >= 4 is 0 Å². The minimum atomic E-state index is -0.287. The average Bonchev–Trinajstić information content (AvgIpc) is 2.08. The molecule has 0 aromatic heterocycles. The molecule has 0 saturated heterocycles. The molecule has 0 amide bonds. The van der Waals surface area contributed by atoms with Gasteiger partial charge in [0, 0.05) is 5.56 Å². The van der Waals surface area contributed by atoms with Gasteiger partial charge in [-0.3, -0.25) is 0 Å². The molecular formula is C10H13NO. The van der Waals surface area contributed by atoms with Gasteiger partial charge in [-0.15, -0.1) is 6.58 Å². The Morgan fingerprint density at radius 1 is 1.58 bits per heavy atom. The lowest BCUT2D eigenvalue weighted by molar-refractivity contribution is 0.465. The standard InChI is InChI=1S/C10H13NO/c1-3-9(11)8-6-7(2)4-5-10(8)12/h3-6,9,12H,1,11H2,2H3/t9-/m1/s1. The Balaban J connectivity index is 3.12. The summed E-state index contributed by atoms with van der Waals surface area (Å²) in [5.74, 6) is 0.230. The lowest BCUT2D eigenvalue weighted by Gasteiger charge is -2.09. The SMILES string of the molecule is C=C[C@@H](N)c1cc(C)ccc1O. The number of phenols is 1. The smallest absolute Gasteiger partial charge is 0.120 e. The minimum absolute atomic E-state index is 0.230. The molecule has 12 heavy (non-hydrogen) atoms. The summed E-state index contributed by atoms with van der Waals surface area (Å²) in [6.45, 7) is 5.53. The first-order chi connectivity index (χ1) is 5.65. The summed E-state index contributed by atoms with van der Waals surface area (Å²) in [5, 5.41) is 9.41. The zero-order valence-corrected chi connectivity index (χ0v) is 7.12. The lowest BCUT2D eigenvalue weighted by Crippen LogP contribution is -2.06. The number of rotatable bonds is 2. The normalized spacial score (nSPS) is 12.5. The van der Waals surface area contributed by atoms with Gasteiger partial charge in [-0.25, -0.2) is 0 Å². The molecule has 0 aliphatic heterocycles. The highest BCUT2D eigenvalue weighted by Crippen LogP contribution is 2.23. The molecule has 0 heterocycles. The molecule has 0 bridgehead atoms. The fourth-order valence-electron chi connectivity index (χ4n) is 1.07. The maximum absolute atomic E-state index is 9.41. The van der Waals surface area contributed by atoms with Crippen LogP contribution in [0.4, 0.5) is 0 Å². The molecule has 1 rings (SSSR count). The fraction of sp³-hybridized carbons (Fsp3) is 0.200. The van der Waals surface area contributed by atoms with Gasteiger partial charge in [0.25, 0.3) is 0 Å². The molecule has 0 radical (unpaired) electrons. The van der Waals surface area contributed by atoms with Crippen molar-refractivity contribution in [2.45, 2.75) is 13.0 Å². The van der Waals surface area contributed by atoms with Gasteiger partial charge in [-0.05, 0) is 13.0 Å². The van der Waals surface area contributed by atoms with Crippen molar-refractivity contribution in [1.82, 2.24) is 0 Å². The van der Waals surface area contributed by atoms with Crippen LogP contribution in [0.2, 0.25) is 0 Å². The average molecular weight is 163 g/mol. The monoisotopic (exact) mass is 163 g/mol. The van der Waals surface area contributed by atoms with Crippen molar-refractivity contribution < 1.29 is 5.11 Å². The minimum Gasteiger partial charge on any atom is -0.508 e. The third-order valence-electron chi connectivity index (χ3n) is 1.80. The molecule has 64 valence electrons. The quantitative estimate of drug-likeness (QED) is 0.654. The first kappa shape index (κ1) is 8.81. The van der Waals surface area contributed by atoms with Crippen molar-refractivity contribution in [3.8, 4) is 5.75 Å². The van der Waals surface area contributed by atoms with Crippen molar-refractivity contribution in [2.75, 3.05) is 0 Å². The molecule has 1 aromatic rings. The van der Waals surface area contributed by atoms with Crippen molar-refractivity contribution in [2.24, 2.45) is 5.73 Å². The number of hydrogen-bond donors (Lipinski definition) is 2. The highest BCUT2D eigenvalue weighted by atomic mass is 16.3. The van der Waals surface area contributed by atoms with E-state index in [1.807, 2.05) is 19.1 Å². The van der Waals surface area contributed by atoms with E-state index in [2.05, 4.69) is 6.58 Å². The molecule has 2 nitrogen and oxygen atoms in total. The third kappa shape index (κ3) is 1.66. The Morgan fingerprint density at radius 3 is 2.83 bits per heavy atom. The molecule has 2 heteroatoms. The Kier molecular flexibility index (Phi) is 2.51. The van der Waals surface area contributed by atoms with E-state index in [4.69, 9.17) is 5.73 Å². The highest BCUT2D eigenvalue weighted by Gasteiger charge is 2.06. The van der Waals surface area contributed by atoms with Crippen molar-refractivity contribution in [3.05, 3.63) is 42.0 Å². The van der Waals surface area contributed by atoms with Crippen molar-refractivity contribution in [3.63, 3.8) is 0 Å². The number of benzene rings is 1. The van der Waals surface area contributed by atoms with Crippen LogP contribution in [0.3, 0.4) is 0 Å². The van der Waals surface area contributed by atoms with Gasteiger partial charge in [-0.1, -0.05) is 23.8 Å². The topological polar surface area (TPSA) is 46.2 Å². The van der Waals surface area contributed by atoms with E-state index in [-0.39, 0.29) is 11.8 Å². The summed E-state index contributed by atoms with van der Waals surface area (Å²) in [6.07, 6.45) is 1.61. The van der Waals surface area contributed by atoms with Crippen LogP contribution in [0.15, 0.2) is 30.9 Å². The summed E-state index contributed by atoms with van der Waals surface area (Å²) in [6, 6.07) is 5.06. The van der Waals surface area contributed by atoms with Crippen LogP contribution in [0.25, 0.3) is 0 Å². The Morgan fingerprint density at radius 2 is 2.25 bits per heavy atom. The van der Waals surface area contributed by atoms with Crippen LogP contribution in [0.5, 0.6) is 5.75 Å². The number of aromatic hydroxyl groups is 1. The van der Waals surface area contributed by atoms with Gasteiger partial charge in [0.1, 0.15) is 5.75 Å². The summed E-state index contributed by atoms with van der Waals surface area (Å²) >= 11 is 0. The third-order valence-corrected chi connectivity index (χ3v) is 1.80. The molecule has 3 N–H and O–H groups in total. The van der Waals surface area contributed by atoms with Gasteiger partial charge >= 0.3 is 0 Å². The predicted octanol–water partition coefficient (Wildman–Crippen LogP) is 1.89. The number of aryl methyl sites for hydroxylation is 1. The molecule has 0 fully saturated rings. The Bertz CT molecular complexity index is 294. The van der Waals surface area contributed by atoms with E-state index in [0.717, 1.165) is 11.1 Å². The second-order valence-electron chi connectivity index (χ2n) is 2.82. The van der Waals surface area contributed by atoms with E-state index in [1.165, 1.54) is 0 Å². The summed E-state index contributed by atoms with van der Waals surface area (Å²) in [5.41, 5.74) is 7.50. The maximum atomic E-state index is 9.41. The lowest BCUT2D eigenvalue weighted by atomic mass is 10.0. The molecule has 0 spiro atoms. The number of phenolic OH excluding ortho intramolecular Hbond substituents is 1. The zero-order chi connectivity index (χ0) is 9.14. The van der Waals surface area contributed by atoms with Gasteiger partial charge in [0.2, 0.25) is 0 Å². The molecule has 1 atom stereocenters. The second-order valence-corrected chi connectivity index (χ2v) is 2.82. The summed E-state index contributed by atoms with van der Waals surface area (Å²) < 4.78 is 0. The van der Waals surface area contributed by atoms with Crippen LogP contribution in [-0.2, 0) is 0 Å². The molecule has 0 saturated carbocycles. The van der Waals surface area contributed by atoms with E-state index >= 15 is 0 Å². The molecule has 1 aromatic carbocycles. The van der Waals surface area contributed by atoms with Gasteiger partial charge < -0.3 is 10.8 Å². The van der Waals surface area contributed by atoms with Gasteiger partial charge in [-0.2, -0.15) is 0 Å². The van der Waals surface area contributed by atoms with E-state index < -0.39 is 0 Å². The van der Waals surface area contributed by atoms with E-state index in [1.54, 1.807) is 12.1 Å². The van der Waals surface area contributed by atoms with Gasteiger partial charge in [0.05, 0.1) is 6.04 Å². The van der Waals surface area contributed by atoms with E-state index in [0.29, 0.717) is 0 Å². The Hall–Kier alpha value is -1.28. The van der Waals surface area contributed by atoms with Crippen LogP contribution in [0.1, 0.15) is 17.2 Å². The molecule has 0 aliphatic carbocycles. The first-order valence-electron chi connectivity index (χ1n) is 3.83. The highest BCUT2D eigenvalue weighted by molar-refractivity contribution is 5.39. The Labute approximate surface area is 72.3 Å². The molecule has 0 aliphatic rings. The number of nitrogens with two attached hydrogens (primary N) is 1. The van der Waals surface area contributed by atoms with Crippen molar-refractivity contribution in [1.29, 1.82) is 0 Å². The number of hydrogen-bond acceptors (Lipinski definition) is 2.